The van der Waals surface area contributed by atoms with Crippen molar-refractivity contribution >= 4 is 0 Å². The highest BCUT2D eigenvalue weighted by atomic mass is 16.6. The van der Waals surface area contributed by atoms with Crippen LogP contribution in [0.4, 0.5) is 0 Å². The summed E-state index contributed by atoms with van der Waals surface area (Å²) in [5.41, 5.74) is -2.26. The average Bonchev–Trinajstić information content (AvgIpc) is 3.61. The van der Waals surface area contributed by atoms with Gasteiger partial charge in [0.05, 0.1) is 58.5 Å². The Kier molecular flexibility index (Phi) is 7.12. The minimum absolute atomic E-state index is 0.0287. The minimum atomic E-state index is -0.908. The van der Waals surface area contributed by atoms with Crippen molar-refractivity contribution in [3.8, 4) is 0 Å². The maximum atomic E-state index is 11.4. The molecule has 4 aliphatic heterocycles. The van der Waals surface area contributed by atoms with E-state index in [-0.39, 0.29) is 35.6 Å². The van der Waals surface area contributed by atoms with Crippen LogP contribution in [0.1, 0.15) is 106 Å². The second-order valence-electron chi connectivity index (χ2n) is 12.9. The molecule has 0 aromatic carbocycles. The first-order valence-electron chi connectivity index (χ1n) is 13.5. The number of ether oxygens (including phenoxy) is 4. The number of fused-ring (bicyclic) bond motifs is 1. The Morgan fingerprint density at radius 1 is 0.882 bits per heavy atom. The van der Waals surface area contributed by atoms with E-state index in [0.29, 0.717) is 18.9 Å². The highest BCUT2D eigenvalue weighted by molar-refractivity contribution is 5.05. The Hall–Kier alpha value is -0.500. The zero-order chi connectivity index (χ0) is 25.0. The molecule has 6 nitrogen and oxygen atoms in total. The van der Waals surface area contributed by atoms with E-state index in [1.165, 1.54) is 0 Å². The first kappa shape index (κ1) is 26.6. The second-order valence-corrected chi connectivity index (χ2v) is 12.9. The summed E-state index contributed by atoms with van der Waals surface area (Å²) in [5, 5.41) is 22.3. The van der Waals surface area contributed by atoms with Crippen molar-refractivity contribution in [1.29, 1.82) is 0 Å². The second kappa shape index (κ2) is 9.11. The molecule has 34 heavy (non-hydrogen) atoms. The van der Waals surface area contributed by atoms with Crippen molar-refractivity contribution in [3.63, 3.8) is 0 Å². The molecular weight excluding hydrogens is 432 g/mol. The van der Waals surface area contributed by atoms with E-state index in [1.54, 1.807) is 0 Å². The monoisotopic (exact) mass is 480 g/mol. The fourth-order valence-corrected chi connectivity index (χ4v) is 6.25. The van der Waals surface area contributed by atoms with Gasteiger partial charge < -0.3 is 29.2 Å². The van der Waals surface area contributed by atoms with Gasteiger partial charge in [0.15, 0.2) is 0 Å². The maximum absolute atomic E-state index is 11.4. The van der Waals surface area contributed by atoms with Gasteiger partial charge in [-0.2, -0.15) is 0 Å². The molecule has 4 aliphatic rings. The molecule has 0 spiro atoms. The number of allylic oxidation sites excluding steroid dienone is 1. The van der Waals surface area contributed by atoms with Gasteiger partial charge in [-0.15, -0.1) is 6.58 Å². The van der Waals surface area contributed by atoms with Crippen molar-refractivity contribution in [3.05, 3.63) is 12.7 Å². The Morgan fingerprint density at radius 3 is 2.21 bits per heavy atom. The molecule has 4 rings (SSSR count). The van der Waals surface area contributed by atoms with Crippen LogP contribution in [0.15, 0.2) is 12.7 Å². The molecule has 0 unspecified atom stereocenters. The molecule has 4 heterocycles. The van der Waals surface area contributed by atoms with Crippen LogP contribution >= 0.6 is 0 Å². The van der Waals surface area contributed by atoms with E-state index in [0.717, 1.165) is 51.4 Å². The number of epoxide rings is 2. The largest absolute Gasteiger partial charge is 0.387 e. The van der Waals surface area contributed by atoms with E-state index in [4.69, 9.17) is 18.9 Å². The van der Waals surface area contributed by atoms with Crippen LogP contribution in [-0.2, 0) is 18.9 Å². The molecule has 196 valence electrons. The highest BCUT2D eigenvalue weighted by Crippen LogP contribution is 2.49. The normalized spacial score (nSPS) is 44.4. The van der Waals surface area contributed by atoms with Crippen LogP contribution in [0.25, 0.3) is 0 Å². The molecule has 0 saturated carbocycles. The third kappa shape index (κ3) is 5.57. The lowest BCUT2D eigenvalue weighted by atomic mass is 9.76. The molecular formula is C28H48O6. The Balaban J connectivity index is 1.25. The first-order chi connectivity index (χ1) is 15.7. The van der Waals surface area contributed by atoms with Crippen LogP contribution < -0.4 is 0 Å². The SMILES string of the molecule is C=CCC[C@](C)(O)[C@H]1CC[C@]2(C)O[C@@H]([C@@](C)(O)CC[C@H]3O[C@]3(C)CC[C@@H]3OC3(C)C)CC[C@H]2O1. The number of hydrogen-bond donors (Lipinski definition) is 2. The van der Waals surface area contributed by atoms with Crippen molar-refractivity contribution in [2.45, 2.75) is 164 Å². The van der Waals surface area contributed by atoms with Gasteiger partial charge in [0.25, 0.3) is 0 Å². The van der Waals surface area contributed by atoms with Crippen LogP contribution in [0, 0.1) is 0 Å². The smallest absolute Gasteiger partial charge is 0.0921 e. The van der Waals surface area contributed by atoms with Gasteiger partial charge in [0.1, 0.15) is 0 Å². The lowest BCUT2D eigenvalue weighted by Gasteiger charge is -2.53. The molecule has 0 radical (unpaired) electrons. The molecule has 2 N–H and O–H groups in total. The summed E-state index contributed by atoms with van der Waals surface area (Å²) in [7, 11) is 0. The average molecular weight is 481 g/mol. The van der Waals surface area contributed by atoms with Crippen molar-refractivity contribution in [2.75, 3.05) is 0 Å². The summed E-state index contributed by atoms with van der Waals surface area (Å²) in [6, 6.07) is 0. The third-order valence-corrected chi connectivity index (χ3v) is 9.27. The Bertz CT molecular complexity index is 747. The standard InChI is InChI=1S/C28H48O6/c1-8-9-15-25(4,29)20-14-18-27(6)22(31-20)11-10-21(33-27)26(5,30)16-12-23-28(7,34-23)17-13-19-24(2,3)32-19/h8,19-23,29-30H,1,9-18H2,2-7H3/t19-,20+,21+,22+,23+,25-,26-,27-,28+/m0/s1. The van der Waals surface area contributed by atoms with E-state index in [9.17, 15) is 10.2 Å². The van der Waals surface area contributed by atoms with Gasteiger partial charge in [-0.05, 0) is 106 Å². The van der Waals surface area contributed by atoms with Gasteiger partial charge >= 0.3 is 0 Å². The van der Waals surface area contributed by atoms with Crippen LogP contribution in [0.5, 0.6) is 0 Å². The van der Waals surface area contributed by atoms with Gasteiger partial charge in [0, 0.05) is 0 Å². The van der Waals surface area contributed by atoms with Gasteiger partial charge in [-0.3, -0.25) is 0 Å². The van der Waals surface area contributed by atoms with E-state index >= 15 is 0 Å². The minimum Gasteiger partial charge on any atom is -0.387 e. The Labute approximate surface area is 206 Å². The molecule has 4 fully saturated rings. The van der Waals surface area contributed by atoms with Gasteiger partial charge in [-0.25, -0.2) is 0 Å². The lowest BCUT2D eigenvalue weighted by Crippen LogP contribution is -2.61. The summed E-state index contributed by atoms with van der Waals surface area (Å²) < 4.78 is 24.7. The number of rotatable bonds is 11. The van der Waals surface area contributed by atoms with Gasteiger partial charge in [0.2, 0.25) is 0 Å². The molecule has 0 bridgehead atoms. The lowest BCUT2D eigenvalue weighted by molar-refractivity contribution is -0.284. The fourth-order valence-electron chi connectivity index (χ4n) is 6.25. The summed E-state index contributed by atoms with van der Waals surface area (Å²) in [6.45, 7) is 16.1. The third-order valence-electron chi connectivity index (χ3n) is 9.27. The van der Waals surface area contributed by atoms with E-state index < -0.39 is 16.8 Å². The molecule has 6 heteroatoms. The predicted molar refractivity (Wildman–Crippen MR) is 132 cm³/mol. The maximum Gasteiger partial charge on any atom is 0.0921 e. The summed E-state index contributed by atoms with van der Waals surface area (Å²) in [4.78, 5) is 0. The van der Waals surface area contributed by atoms with Gasteiger partial charge in [-0.1, -0.05) is 6.08 Å². The molecule has 4 saturated heterocycles. The van der Waals surface area contributed by atoms with E-state index in [1.807, 2.05) is 19.9 Å². The fraction of sp³-hybridized carbons (Fsp3) is 0.929. The van der Waals surface area contributed by atoms with E-state index in [2.05, 4.69) is 34.3 Å². The first-order valence-corrected chi connectivity index (χ1v) is 13.5. The summed E-state index contributed by atoms with van der Waals surface area (Å²) in [5.74, 6) is 0. The Morgan fingerprint density at radius 2 is 1.56 bits per heavy atom. The summed E-state index contributed by atoms with van der Waals surface area (Å²) >= 11 is 0. The number of hydrogen-bond acceptors (Lipinski definition) is 6. The molecule has 0 aliphatic carbocycles. The zero-order valence-corrected chi connectivity index (χ0v) is 22.3. The van der Waals surface area contributed by atoms with Crippen LogP contribution in [-0.4, -0.2) is 68.7 Å². The predicted octanol–water partition coefficient (Wildman–Crippen LogP) is 4.84. The summed E-state index contributed by atoms with van der Waals surface area (Å²) in [6.07, 6.45) is 10.0. The van der Waals surface area contributed by atoms with Crippen molar-refractivity contribution < 1.29 is 29.2 Å². The molecule has 9 atom stereocenters. The van der Waals surface area contributed by atoms with Crippen molar-refractivity contribution in [1.82, 2.24) is 0 Å². The highest BCUT2D eigenvalue weighted by Gasteiger charge is 2.56. The topological polar surface area (TPSA) is 84.0 Å². The van der Waals surface area contributed by atoms with Crippen LogP contribution in [0.3, 0.4) is 0 Å². The zero-order valence-electron chi connectivity index (χ0n) is 22.3. The molecule has 0 aromatic rings. The molecule has 0 aromatic heterocycles. The number of aliphatic hydroxyl groups is 2. The van der Waals surface area contributed by atoms with Crippen LogP contribution in [0.2, 0.25) is 0 Å². The quantitative estimate of drug-likeness (QED) is 0.325. The van der Waals surface area contributed by atoms with Crippen molar-refractivity contribution in [2.24, 2.45) is 0 Å². The molecule has 0 amide bonds.